The van der Waals surface area contributed by atoms with Crippen LogP contribution in [0, 0.1) is 29.2 Å². The Morgan fingerprint density at radius 1 is 0.900 bits per heavy atom. The van der Waals surface area contributed by atoms with Gasteiger partial charge in [0, 0.05) is 30.3 Å². The Hall–Kier alpha value is -3.89. The van der Waals surface area contributed by atoms with Gasteiger partial charge in [-0.1, -0.05) is 25.8 Å². The molecule has 0 bridgehead atoms. The summed E-state index contributed by atoms with van der Waals surface area (Å²) in [7, 11) is 0. The molecule has 1 aliphatic carbocycles. The predicted molar refractivity (Wildman–Crippen MR) is 129 cm³/mol. The largest absolute Gasteiger partial charge is 0.432 e. The van der Waals surface area contributed by atoms with Crippen LogP contribution in [0.25, 0.3) is 6.08 Å². The number of alkyl halides is 2. The van der Waals surface area contributed by atoms with Crippen molar-refractivity contribution in [2.75, 3.05) is 0 Å². The van der Waals surface area contributed by atoms with Crippen LogP contribution in [0.15, 0.2) is 48.5 Å². The summed E-state index contributed by atoms with van der Waals surface area (Å²) in [6.07, 6.45) is -2.54. The average molecular weight is 570 g/mol. The molecule has 0 N–H and O–H groups in total. The number of benzene rings is 3. The molecule has 0 saturated heterocycles. The quantitative estimate of drug-likeness (QED) is 0.147. The van der Waals surface area contributed by atoms with Gasteiger partial charge in [0.15, 0.2) is 0 Å². The average Bonchev–Trinajstić information content (AvgIpc) is 3.26. The van der Waals surface area contributed by atoms with Gasteiger partial charge in [-0.2, -0.15) is 17.6 Å². The van der Waals surface area contributed by atoms with Gasteiger partial charge in [-0.25, -0.2) is 22.4 Å². The van der Waals surface area contributed by atoms with Crippen molar-refractivity contribution in [1.82, 2.24) is 0 Å². The second-order valence-electron chi connectivity index (χ2n) is 9.40. The second-order valence-corrected chi connectivity index (χ2v) is 9.40. The molecule has 3 nitrogen and oxygen atoms in total. The highest BCUT2D eigenvalue weighted by atomic mass is 19.3. The van der Waals surface area contributed by atoms with Crippen molar-refractivity contribution in [3.8, 4) is 11.5 Å². The van der Waals surface area contributed by atoms with Crippen LogP contribution >= 0.6 is 0 Å². The highest BCUT2D eigenvalue weighted by molar-refractivity contribution is 5.91. The zero-order valence-electron chi connectivity index (χ0n) is 21.0. The highest BCUT2D eigenvalue weighted by Gasteiger charge is 2.42. The minimum Gasteiger partial charge on any atom is -0.429 e. The lowest BCUT2D eigenvalue weighted by molar-refractivity contribution is -0.189. The number of carbonyl (C=O) groups is 1. The van der Waals surface area contributed by atoms with E-state index >= 15 is 0 Å². The van der Waals surface area contributed by atoms with Crippen LogP contribution in [0.1, 0.15) is 58.8 Å². The van der Waals surface area contributed by atoms with E-state index in [2.05, 4.69) is 11.7 Å². The Kier molecular flexibility index (Phi) is 8.51. The number of esters is 1. The molecule has 1 atom stereocenters. The molecular weight excluding hydrogens is 548 g/mol. The van der Waals surface area contributed by atoms with E-state index in [1.165, 1.54) is 6.07 Å². The Labute approximate surface area is 224 Å². The molecule has 0 radical (unpaired) electrons. The van der Waals surface area contributed by atoms with Crippen molar-refractivity contribution in [3.63, 3.8) is 0 Å². The maximum Gasteiger partial charge on any atom is 0.432 e. The predicted octanol–water partition coefficient (Wildman–Crippen LogP) is 8.73. The van der Waals surface area contributed by atoms with E-state index in [9.17, 15) is 39.9 Å². The van der Waals surface area contributed by atoms with Crippen LogP contribution in [0.5, 0.6) is 11.5 Å². The molecule has 0 spiro atoms. The van der Waals surface area contributed by atoms with E-state index in [1.807, 2.05) is 0 Å². The smallest absolute Gasteiger partial charge is 0.429 e. The standard InChI is InChI=1S/C29H22F8O3/c1-2-3-4-15-7-16-5-6-17(9-18(16)8-15)28(38)39-19-10-24(32)27(25(33)11-19)29(36,37)40-20-12-22(30)21(14-26(34)35)23(31)13-20/h5-6,9-15H,2-4,7-8H2,1H3. The van der Waals surface area contributed by atoms with Crippen LogP contribution in [0.2, 0.25) is 0 Å². The number of hydrogen-bond acceptors (Lipinski definition) is 3. The zero-order valence-corrected chi connectivity index (χ0v) is 21.0. The van der Waals surface area contributed by atoms with E-state index in [0.717, 1.165) is 43.2 Å². The summed E-state index contributed by atoms with van der Waals surface area (Å²) in [5.41, 5.74) is -0.974. The minimum atomic E-state index is -4.80. The zero-order chi connectivity index (χ0) is 29.2. The lowest BCUT2D eigenvalue weighted by Gasteiger charge is -2.20. The van der Waals surface area contributed by atoms with E-state index in [0.29, 0.717) is 18.1 Å². The summed E-state index contributed by atoms with van der Waals surface area (Å²) in [6.45, 7) is 2.10. The molecule has 3 aromatic carbocycles. The second kappa shape index (κ2) is 11.7. The Balaban J connectivity index is 1.51. The van der Waals surface area contributed by atoms with Gasteiger partial charge >= 0.3 is 12.1 Å². The van der Waals surface area contributed by atoms with Gasteiger partial charge in [-0.05, 0) is 48.4 Å². The first-order valence-electron chi connectivity index (χ1n) is 12.3. The number of ether oxygens (including phenoxy) is 2. The minimum absolute atomic E-state index is 0.114. The molecule has 0 aliphatic heterocycles. The molecule has 0 saturated carbocycles. The number of halogens is 8. The molecule has 4 rings (SSSR count). The molecule has 1 unspecified atom stereocenters. The van der Waals surface area contributed by atoms with Crippen molar-refractivity contribution in [1.29, 1.82) is 0 Å². The Morgan fingerprint density at radius 3 is 2.10 bits per heavy atom. The van der Waals surface area contributed by atoms with Crippen molar-refractivity contribution >= 4 is 12.0 Å². The first-order valence-corrected chi connectivity index (χ1v) is 12.3. The SMILES string of the molecule is CCCCC1Cc2ccc(C(=O)Oc3cc(F)c(C(F)(F)Oc4cc(F)c(C=C(F)F)c(F)c4)c(F)c3)cc2C1. The molecule has 40 heavy (non-hydrogen) atoms. The van der Waals surface area contributed by atoms with E-state index < -0.39 is 64.1 Å². The van der Waals surface area contributed by atoms with Gasteiger partial charge in [-0.3, -0.25) is 0 Å². The number of rotatable bonds is 9. The fourth-order valence-corrected chi connectivity index (χ4v) is 4.65. The maximum atomic E-state index is 14.6. The summed E-state index contributed by atoms with van der Waals surface area (Å²) in [6, 6.07) is 5.90. The molecule has 0 heterocycles. The molecule has 0 amide bonds. The van der Waals surface area contributed by atoms with E-state index in [4.69, 9.17) is 4.74 Å². The number of carbonyl (C=O) groups excluding carboxylic acids is 1. The fraction of sp³-hybridized carbons (Fsp3) is 0.276. The number of hydrogen-bond donors (Lipinski definition) is 0. The summed E-state index contributed by atoms with van der Waals surface area (Å²) < 4.78 is 120. The Bertz CT molecular complexity index is 1420. The number of unbranched alkanes of at least 4 members (excludes halogenated alkanes) is 1. The molecular formula is C29H22F8O3. The third-order valence-electron chi connectivity index (χ3n) is 6.49. The molecule has 0 fully saturated rings. The summed E-state index contributed by atoms with van der Waals surface area (Å²) in [4.78, 5) is 12.6. The summed E-state index contributed by atoms with van der Waals surface area (Å²) in [5.74, 6) is -9.53. The van der Waals surface area contributed by atoms with Gasteiger partial charge < -0.3 is 9.47 Å². The Morgan fingerprint density at radius 2 is 1.50 bits per heavy atom. The van der Waals surface area contributed by atoms with Gasteiger partial charge in [0.05, 0.1) is 11.1 Å². The van der Waals surface area contributed by atoms with Gasteiger partial charge in [0.2, 0.25) is 0 Å². The summed E-state index contributed by atoms with van der Waals surface area (Å²) >= 11 is 0. The van der Waals surface area contributed by atoms with E-state index in [1.54, 1.807) is 12.1 Å². The van der Waals surface area contributed by atoms with Crippen LogP contribution < -0.4 is 9.47 Å². The van der Waals surface area contributed by atoms with E-state index in [-0.39, 0.29) is 23.8 Å². The molecule has 11 heteroatoms. The van der Waals surface area contributed by atoms with Gasteiger partial charge in [-0.15, -0.1) is 0 Å². The third-order valence-corrected chi connectivity index (χ3v) is 6.49. The van der Waals surface area contributed by atoms with Gasteiger partial charge in [0.1, 0.15) is 40.3 Å². The van der Waals surface area contributed by atoms with Crippen molar-refractivity contribution < 1.29 is 49.4 Å². The maximum absolute atomic E-state index is 14.6. The first kappa shape index (κ1) is 29.1. The number of fused-ring (bicyclic) bond motifs is 1. The molecule has 1 aliphatic rings. The summed E-state index contributed by atoms with van der Waals surface area (Å²) in [5, 5.41) is 0. The van der Waals surface area contributed by atoms with Crippen LogP contribution in [0.3, 0.4) is 0 Å². The first-order chi connectivity index (χ1) is 18.9. The lowest BCUT2D eigenvalue weighted by Crippen LogP contribution is -2.25. The van der Waals surface area contributed by atoms with Crippen molar-refractivity contribution in [2.24, 2.45) is 5.92 Å². The van der Waals surface area contributed by atoms with Crippen molar-refractivity contribution in [2.45, 2.75) is 45.1 Å². The third kappa shape index (κ3) is 6.46. The fourth-order valence-electron chi connectivity index (χ4n) is 4.65. The van der Waals surface area contributed by atoms with Crippen LogP contribution in [-0.4, -0.2) is 5.97 Å². The highest BCUT2D eigenvalue weighted by Crippen LogP contribution is 2.38. The van der Waals surface area contributed by atoms with Crippen LogP contribution in [-0.2, 0) is 19.0 Å². The molecule has 212 valence electrons. The van der Waals surface area contributed by atoms with Gasteiger partial charge in [0.25, 0.3) is 6.08 Å². The lowest BCUT2D eigenvalue weighted by atomic mass is 9.99. The molecule has 0 aromatic heterocycles. The molecule has 3 aromatic rings. The normalized spacial score (nSPS) is 14.6. The monoisotopic (exact) mass is 570 g/mol. The van der Waals surface area contributed by atoms with Crippen LogP contribution in [0.4, 0.5) is 35.1 Å². The van der Waals surface area contributed by atoms with Crippen molar-refractivity contribution in [3.05, 3.63) is 99.6 Å². The topological polar surface area (TPSA) is 35.5 Å².